The van der Waals surface area contributed by atoms with Crippen molar-refractivity contribution in [2.45, 2.75) is 6.54 Å². The summed E-state index contributed by atoms with van der Waals surface area (Å²) >= 11 is 1.51. The summed E-state index contributed by atoms with van der Waals surface area (Å²) in [4.78, 5) is 13.2. The number of piperazine rings is 1. The maximum atomic E-state index is 5.54. The van der Waals surface area contributed by atoms with E-state index >= 15 is 0 Å². The van der Waals surface area contributed by atoms with Crippen LogP contribution in [0.1, 0.15) is 5.01 Å². The molecule has 3 rings (SSSR count). The molecule has 19 heavy (non-hydrogen) atoms. The van der Waals surface area contributed by atoms with Gasteiger partial charge in [0.05, 0.1) is 0 Å². The van der Waals surface area contributed by atoms with Gasteiger partial charge in [-0.15, -0.1) is 11.3 Å². The number of aromatic nitrogens is 3. The van der Waals surface area contributed by atoms with Crippen LogP contribution in [0.15, 0.2) is 9.90 Å². The summed E-state index contributed by atoms with van der Waals surface area (Å²) in [6.07, 6.45) is 0. The van der Waals surface area contributed by atoms with E-state index in [-0.39, 0.29) is 0 Å². The summed E-state index contributed by atoms with van der Waals surface area (Å²) in [5.74, 6) is 1.11. The Hall–Kier alpha value is -1.51. The maximum Gasteiger partial charge on any atom is 0.278 e. The van der Waals surface area contributed by atoms with E-state index in [1.54, 1.807) is 0 Å². The molecule has 1 aliphatic rings. The lowest BCUT2D eigenvalue weighted by molar-refractivity contribution is 0.309. The fraction of sp³-hybridized carbons (Fsp3) is 0.545. The summed E-state index contributed by atoms with van der Waals surface area (Å²) in [6.45, 7) is 4.29. The molecule has 2 N–H and O–H groups in total. The molecule has 1 saturated heterocycles. The van der Waals surface area contributed by atoms with Gasteiger partial charge in [-0.3, -0.25) is 0 Å². The van der Waals surface area contributed by atoms with Crippen molar-refractivity contribution in [2.24, 2.45) is 5.73 Å². The van der Waals surface area contributed by atoms with Gasteiger partial charge in [0.2, 0.25) is 0 Å². The number of thiazole rings is 1. The van der Waals surface area contributed by atoms with Crippen molar-refractivity contribution >= 4 is 17.3 Å². The highest BCUT2D eigenvalue weighted by Crippen LogP contribution is 2.22. The zero-order chi connectivity index (χ0) is 13.2. The molecular weight excluding hydrogens is 264 g/mol. The van der Waals surface area contributed by atoms with Crippen LogP contribution in [-0.2, 0) is 6.54 Å². The molecule has 0 aromatic carbocycles. The monoisotopic (exact) mass is 280 g/mol. The molecule has 0 radical (unpaired) electrons. The van der Waals surface area contributed by atoms with Crippen LogP contribution in [0.3, 0.4) is 0 Å². The van der Waals surface area contributed by atoms with Gasteiger partial charge in [-0.05, 0) is 12.2 Å². The third-order valence-electron chi connectivity index (χ3n) is 3.15. The average Bonchev–Trinajstić information content (AvgIpc) is 3.08. The largest absolute Gasteiger partial charge is 0.336 e. The van der Waals surface area contributed by atoms with Crippen LogP contribution in [0.5, 0.6) is 0 Å². The highest BCUT2D eigenvalue weighted by atomic mass is 32.1. The summed E-state index contributed by atoms with van der Waals surface area (Å²) in [7, 11) is 2.11. The molecule has 0 spiro atoms. The molecular formula is C11H16N6OS. The van der Waals surface area contributed by atoms with Crippen molar-refractivity contribution in [2.75, 3.05) is 38.1 Å². The number of likely N-dealkylation sites (N-methyl/N-ethyl adjacent to an activating group) is 1. The van der Waals surface area contributed by atoms with E-state index < -0.39 is 0 Å². The SMILES string of the molecule is CN1CCN(c2noc(-c3csc(CN)n3)n2)CC1. The summed E-state index contributed by atoms with van der Waals surface area (Å²) in [6, 6.07) is 0. The molecule has 3 heterocycles. The molecule has 0 saturated carbocycles. The second-order valence-corrected chi connectivity index (χ2v) is 5.46. The van der Waals surface area contributed by atoms with Gasteiger partial charge in [0, 0.05) is 38.1 Å². The van der Waals surface area contributed by atoms with E-state index in [0.29, 0.717) is 24.1 Å². The quantitative estimate of drug-likeness (QED) is 0.871. The lowest BCUT2D eigenvalue weighted by Gasteiger charge is -2.31. The van der Waals surface area contributed by atoms with E-state index in [9.17, 15) is 0 Å². The smallest absolute Gasteiger partial charge is 0.278 e. The molecule has 7 nitrogen and oxygen atoms in total. The van der Waals surface area contributed by atoms with Crippen LogP contribution in [0.2, 0.25) is 0 Å². The lowest BCUT2D eigenvalue weighted by Crippen LogP contribution is -2.44. The normalized spacial score (nSPS) is 17.1. The fourth-order valence-electron chi connectivity index (χ4n) is 1.96. The predicted octanol–water partition coefficient (Wildman–Crippen LogP) is 0.404. The Labute approximate surface area is 115 Å². The Kier molecular flexibility index (Phi) is 3.45. The standard InChI is InChI=1S/C11H16N6OS/c1-16-2-4-17(5-3-16)11-14-10(18-15-11)8-7-19-9(6-12)13-8/h7H,2-6,12H2,1H3. The van der Waals surface area contributed by atoms with E-state index in [4.69, 9.17) is 10.3 Å². The molecule has 0 amide bonds. The van der Waals surface area contributed by atoms with E-state index in [1.807, 2.05) is 5.38 Å². The minimum atomic E-state index is 0.435. The van der Waals surface area contributed by atoms with Crippen molar-refractivity contribution < 1.29 is 4.52 Å². The molecule has 1 fully saturated rings. The number of nitrogens with two attached hydrogens (primary N) is 1. The van der Waals surface area contributed by atoms with Gasteiger partial charge in [-0.1, -0.05) is 0 Å². The van der Waals surface area contributed by atoms with E-state index in [0.717, 1.165) is 31.2 Å². The number of hydrogen-bond donors (Lipinski definition) is 1. The van der Waals surface area contributed by atoms with E-state index in [1.165, 1.54) is 11.3 Å². The first-order valence-electron chi connectivity index (χ1n) is 6.18. The van der Waals surface area contributed by atoms with Crippen molar-refractivity contribution in [3.05, 3.63) is 10.4 Å². The third-order valence-corrected chi connectivity index (χ3v) is 4.02. The Morgan fingerprint density at radius 1 is 1.32 bits per heavy atom. The lowest BCUT2D eigenvalue weighted by atomic mass is 10.3. The Morgan fingerprint density at radius 3 is 2.79 bits per heavy atom. The van der Waals surface area contributed by atoms with Crippen LogP contribution in [-0.4, -0.2) is 53.3 Å². The highest BCUT2D eigenvalue weighted by molar-refractivity contribution is 7.09. The Bertz CT molecular complexity index is 545. The molecule has 1 aliphatic heterocycles. The molecule has 0 bridgehead atoms. The third kappa shape index (κ3) is 2.60. The molecule has 0 unspecified atom stereocenters. The van der Waals surface area contributed by atoms with Crippen molar-refractivity contribution in [1.29, 1.82) is 0 Å². The number of anilines is 1. The molecule has 0 atom stereocenters. The second-order valence-electron chi connectivity index (χ2n) is 4.52. The molecule has 8 heteroatoms. The highest BCUT2D eigenvalue weighted by Gasteiger charge is 2.20. The van der Waals surface area contributed by atoms with Gasteiger partial charge >= 0.3 is 0 Å². The van der Waals surface area contributed by atoms with Gasteiger partial charge in [0.1, 0.15) is 10.7 Å². The molecule has 0 aliphatic carbocycles. The second kappa shape index (κ2) is 5.24. The first kappa shape index (κ1) is 12.5. The summed E-state index contributed by atoms with van der Waals surface area (Å²) in [5.41, 5.74) is 6.25. The van der Waals surface area contributed by atoms with Gasteiger partial charge in [0.25, 0.3) is 11.8 Å². The number of nitrogens with zero attached hydrogens (tertiary/aromatic N) is 5. The minimum absolute atomic E-state index is 0.435. The average molecular weight is 280 g/mol. The van der Waals surface area contributed by atoms with Gasteiger partial charge in [-0.2, -0.15) is 4.98 Å². The zero-order valence-corrected chi connectivity index (χ0v) is 11.6. The van der Waals surface area contributed by atoms with Crippen molar-refractivity contribution in [1.82, 2.24) is 20.0 Å². The van der Waals surface area contributed by atoms with Crippen LogP contribution in [0, 0.1) is 0 Å². The minimum Gasteiger partial charge on any atom is -0.336 e. The van der Waals surface area contributed by atoms with Crippen molar-refractivity contribution in [3.63, 3.8) is 0 Å². The summed E-state index contributed by atoms with van der Waals surface area (Å²) < 4.78 is 5.28. The topological polar surface area (TPSA) is 84.3 Å². The number of hydrogen-bond acceptors (Lipinski definition) is 8. The predicted molar refractivity (Wildman–Crippen MR) is 73.0 cm³/mol. The fourth-order valence-corrected chi connectivity index (χ4v) is 2.61. The van der Waals surface area contributed by atoms with Crippen LogP contribution in [0.4, 0.5) is 5.95 Å². The maximum absolute atomic E-state index is 5.54. The zero-order valence-electron chi connectivity index (χ0n) is 10.7. The summed E-state index contributed by atoms with van der Waals surface area (Å²) in [5, 5.41) is 6.79. The first-order valence-corrected chi connectivity index (χ1v) is 7.06. The van der Waals surface area contributed by atoms with Crippen LogP contribution in [0.25, 0.3) is 11.6 Å². The first-order chi connectivity index (χ1) is 9.26. The molecule has 102 valence electrons. The molecule has 2 aromatic rings. The number of rotatable bonds is 3. The van der Waals surface area contributed by atoms with Crippen LogP contribution >= 0.6 is 11.3 Å². The van der Waals surface area contributed by atoms with Gasteiger partial charge in [-0.25, -0.2) is 4.98 Å². The van der Waals surface area contributed by atoms with Gasteiger partial charge in [0.15, 0.2) is 0 Å². The van der Waals surface area contributed by atoms with E-state index in [2.05, 4.69) is 32.0 Å². The van der Waals surface area contributed by atoms with Crippen LogP contribution < -0.4 is 10.6 Å². The molecule has 2 aromatic heterocycles. The van der Waals surface area contributed by atoms with Crippen molar-refractivity contribution in [3.8, 4) is 11.6 Å². The Morgan fingerprint density at radius 2 is 2.11 bits per heavy atom. The Balaban J connectivity index is 1.75. The van der Waals surface area contributed by atoms with Gasteiger partial charge < -0.3 is 20.1 Å².